The van der Waals surface area contributed by atoms with Crippen molar-refractivity contribution in [3.05, 3.63) is 84.6 Å². The number of esters is 1. The van der Waals surface area contributed by atoms with E-state index in [-0.39, 0.29) is 5.97 Å². The van der Waals surface area contributed by atoms with Gasteiger partial charge in [0.2, 0.25) is 0 Å². The van der Waals surface area contributed by atoms with Crippen LogP contribution in [0.25, 0.3) is 21.7 Å². The lowest BCUT2D eigenvalue weighted by Gasteiger charge is -2.09. The average Bonchev–Trinajstić information content (AvgIpc) is 2.62. The Bertz CT molecular complexity index is 1010. The van der Waals surface area contributed by atoms with E-state index in [0.717, 1.165) is 21.7 Å². The standard InChI is InChI=1S/C20H13NO2/c22-20(16-6-2-1-3-7-16)23-17-10-4-8-14-11-12-15-9-5-13-21-19(15)18(14)17/h1-13H. The van der Waals surface area contributed by atoms with Crippen molar-refractivity contribution in [2.45, 2.75) is 0 Å². The number of ether oxygens (including phenoxy) is 1. The lowest BCUT2D eigenvalue weighted by Crippen LogP contribution is -2.08. The lowest BCUT2D eigenvalue weighted by atomic mass is 10.1. The molecule has 0 fully saturated rings. The minimum atomic E-state index is -0.369. The van der Waals surface area contributed by atoms with Crippen LogP contribution in [0.3, 0.4) is 0 Å². The molecule has 4 rings (SSSR count). The number of carbonyl (C=O) groups is 1. The monoisotopic (exact) mass is 299 g/mol. The minimum Gasteiger partial charge on any atom is -0.422 e. The Hall–Kier alpha value is -3.20. The third-order valence-electron chi connectivity index (χ3n) is 3.79. The summed E-state index contributed by atoms with van der Waals surface area (Å²) in [7, 11) is 0. The van der Waals surface area contributed by atoms with Gasteiger partial charge >= 0.3 is 5.97 Å². The van der Waals surface area contributed by atoms with Gasteiger partial charge in [-0.3, -0.25) is 4.98 Å². The fourth-order valence-electron chi connectivity index (χ4n) is 2.70. The van der Waals surface area contributed by atoms with Crippen LogP contribution in [-0.2, 0) is 0 Å². The highest BCUT2D eigenvalue weighted by Gasteiger charge is 2.12. The molecule has 1 aromatic heterocycles. The maximum Gasteiger partial charge on any atom is 0.343 e. The summed E-state index contributed by atoms with van der Waals surface area (Å²) < 4.78 is 5.64. The summed E-state index contributed by atoms with van der Waals surface area (Å²) in [4.78, 5) is 16.8. The molecule has 23 heavy (non-hydrogen) atoms. The molecule has 0 saturated carbocycles. The number of pyridine rings is 1. The van der Waals surface area contributed by atoms with Gasteiger partial charge in [0.25, 0.3) is 0 Å². The smallest absolute Gasteiger partial charge is 0.343 e. The van der Waals surface area contributed by atoms with Crippen molar-refractivity contribution in [2.75, 3.05) is 0 Å². The van der Waals surface area contributed by atoms with Gasteiger partial charge in [0.1, 0.15) is 5.75 Å². The normalized spacial score (nSPS) is 10.8. The fourth-order valence-corrected chi connectivity index (χ4v) is 2.70. The molecule has 110 valence electrons. The van der Waals surface area contributed by atoms with E-state index in [9.17, 15) is 4.79 Å². The fraction of sp³-hybridized carbons (Fsp3) is 0. The van der Waals surface area contributed by atoms with Crippen molar-refractivity contribution in [3.63, 3.8) is 0 Å². The van der Waals surface area contributed by atoms with Gasteiger partial charge in [-0.1, -0.05) is 48.5 Å². The zero-order valence-corrected chi connectivity index (χ0v) is 12.3. The van der Waals surface area contributed by atoms with Crippen LogP contribution in [-0.4, -0.2) is 11.0 Å². The molecule has 0 atom stereocenters. The van der Waals surface area contributed by atoms with Crippen molar-refractivity contribution < 1.29 is 9.53 Å². The molecule has 0 amide bonds. The van der Waals surface area contributed by atoms with E-state index < -0.39 is 0 Å². The number of rotatable bonds is 2. The predicted octanol–water partition coefficient (Wildman–Crippen LogP) is 4.61. The quantitative estimate of drug-likeness (QED) is 0.308. The second-order valence-electron chi connectivity index (χ2n) is 5.25. The van der Waals surface area contributed by atoms with Gasteiger partial charge in [-0.15, -0.1) is 0 Å². The van der Waals surface area contributed by atoms with E-state index >= 15 is 0 Å². The average molecular weight is 299 g/mol. The van der Waals surface area contributed by atoms with Crippen LogP contribution in [0.2, 0.25) is 0 Å². The largest absolute Gasteiger partial charge is 0.422 e. The first kappa shape index (κ1) is 13.5. The van der Waals surface area contributed by atoms with Crippen LogP contribution in [0.1, 0.15) is 10.4 Å². The van der Waals surface area contributed by atoms with E-state index in [1.165, 1.54) is 0 Å². The highest BCUT2D eigenvalue weighted by Crippen LogP contribution is 2.32. The number of fused-ring (bicyclic) bond motifs is 3. The Morgan fingerprint density at radius 1 is 0.783 bits per heavy atom. The Labute approximate surface area is 133 Å². The molecule has 0 unspecified atom stereocenters. The Morgan fingerprint density at radius 3 is 2.43 bits per heavy atom. The van der Waals surface area contributed by atoms with Crippen LogP contribution in [0, 0.1) is 0 Å². The van der Waals surface area contributed by atoms with Crippen LogP contribution < -0.4 is 4.74 Å². The molecule has 0 aliphatic heterocycles. The molecule has 1 heterocycles. The summed E-state index contributed by atoms with van der Waals surface area (Å²) in [5.74, 6) is 0.159. The van der Waals surface area contributed by atoms with Crippen molar-refractivity contribution in [3.8, 4) is 5.75 Å². The van der Waals surface area contributed by atoms with Crippen molar-refractivity contribution in [1.29, 1.82) is 0 Å². The van der Waals surface area contributed by atoms with E-state index in [1.54, 1.807) is 24.4 Å². The van der Waals surface area contributed by atoms with Crippen LogP contribution in [0.4, 0.5) is 0 Å². The van der Waals surface area contributed by atoms with Crippen LogP contribution in [0.15, 0.2) is 79.0 Å². The molecule has 4 aromatic rings. The Morgan fingerprint density at radius 2 is 1.57 bits per heavy atom. The summed E-state index contributed by atoms with van der Waals surface area (Å²) in [5, 5.41) is 2.87. The van der Waals surface area contributed by atoms with E-state index in [4.69, 9.17) is 4.74 Å². The number of aromatic nitrogens is 1. The topological polar surface area (TPSA) is 39.2 Å². The molecular weight excluding hydrogens is 286 g/mol. The molecule has 3 nitrogen and oxygen atoms in total. The van der Waals surface area contributed by atoms with Gasteiger partial charge in [0.15, 0.2) is 0 Å². The van der Waals surface area contributed by atoms with E-state index in [0.29, 0.717) is 11.3 Å². The number of nitrogens with zero attached hydrogens (tertiary/aromatic N) is 1. The van der Waals surface area contributed by atoms with Gasteiger partial charge in [-0.25, -0.2) is 4.79 Å². The maximum atomic E-state index is 12.4. The second-order valence-corrected chi connectivity index (χ2v) is 5.25. The summed E-state index contributed by atoms with van der Waals surface area (Å²) in [6.45, 7) is 0. The zero-order chi connectivity index (χ0) is 15.6. The third kappa shape index (κ3) is 2.42. The number of hydrogen-bond acceptors (Lipinski definition) is 3. The summed E-state index contributed by atoms with van der Waals surface area (Å²) in [6.07, 6.45) is 1.75. The lowest BCUT2D eigenvalue weighted by molar-refractivity contribution is 0.0737. The minimum absolute atomic E-state index is 0.369. The van der Waals surface area contributed by atoms with E-state index in [1.807, 2.05) is 54.6 Å². The molecule has 0 bridgehead atoms. The van der Waals surface area contributed by atoms with Crippen LogP contribution in [0.5, 0.6) is 5.75 Å². The molecule has 3 aromatic carbocycles. The molecule has 0 aliphatic rings. The summed E-state index contributed by atoms with van der Waals surface area (Å²) in [5.41, 5.74) is 1.36. The first-order valence-corrected chi connectivity index (χ1v) is 7.36. The third-order valence-corrected chi connectivity index (χ3v) is 3.79. The van der Waals surface area contributed by atoms with Crippen molar-refractivity contribution in [2.24, 2.45) is 0 Å². The van der Waals surface area contributed by atoms with Crippen molar-refractivity contribution >= 4 is 27.6 Å². The molecule has 0 spiro atoms. The second kappa shape index (κ2) is 5.54. The highest BCUT2D eigenvalue weighted by atomic mass is 16.5. The van der Waals surface area contributed by atoms with Crippen LogP contribution >= 0.6 is 0 Å². The Balaban J connectivity index is 1.87. The highest BCUT2D eigenvalue weighted by molar-refractivity contribution is 6.09. The number of hydrogen-bond donors (Lipinski definition) is 0. The van der Waals surface area contributed by atoms with E-state index in [2.05, 4.69) is 4.98 Å². The van der Waals surface area contributed by atoms with Gasteiger partial charge < -0.3 is 4.74 Å². The van der Waals surface area contributed by atoms with Gasteiger partial charge in [-0.2, -0.15) is 0 Å². The molecule has 0 N–H and O–H groups in total. The maximum absolute atomic E-state index is 12.4. The van der Waals surface area contributed by atoms with Gasteiger partial charge in [-0.05, 0) is 29.7 Å². The van der Waals surface area contributed by atoms with Crippen molar-refractivity contribution in [1.82, 2.24) is 4.98 Å². The Kier molecular flexibility index (Phi) is 3.24. The first-order chi connectivity index (χ1) is 11.3. The summed E-state index contributed by atoms with van der Waals surface area (Å²) >= 11 is 0. The number of benzene rings is 3. The molecule has 0 radical (unpaired) electrons. The molecule has 0 aliphatic carbocycles. The SMILES string of the molecule is O=C(Oc1cccc2ccc3cccnc3c12)c1ccccc1. The zero-order valence-electron chi connectivity index (χ0n) is 12.3. The van der Waals surface area contributed by atoms with Gasteiger partial charge in [0, 0.05) is 11.6 Å². The summed E-state index contributed by atoms with van der Waals surface area (Å²) in [6, 6.07) is 22.6. The number of carbonyl (C=O) groups excluding carboxylic acids is 1. The molecule has 3 heteroatoms. The molecular formula is C20H13NO2. The van der Waals surface area contributed by atoms with Gasteiger partial charge in [0.05, 0.1) is 16.5 Å². The molecule has 0 saturated heterocycles. The predicted molar refractivity (Wildman–Crippen MR) is 90.6 cm³/mol. The first-order valence-electron chi connectivity index (χ1n) is 7.36.